The second-order valence-corrected chi connectivity index (χ2v) is 7.63. The van der Waals surface area contributed by atoms with Gasteiger partial charge < -0.3 is 14.2 Å². The number of nitrogens with zero attached hydrogens (tertiary/aromatic N) is 2. The lowest BCUT2D eigenvalue weighted by atomic mass is 9.88. The normalized spacial score (nSPS) is 23.2. The Morgan fingerprint density at radius 1 is 1.27 bits per heavy atom. The summed E-state index contributed by atoms with van der Waals surface area (Å²) in [5.74, 6) is 1.68. The van der Waals surface area contributed by atoms with Crippen molar-refractivity contribution < 1.29 is 14.1 Å². The number of ether oxygens (including phenoxy) is 1. The summed E-state index contributed by atoms with van der Waals surface area (Å²) in [6.07, 6.45) is 4.63. The maximum Gasteiger partial charge on any atom is 0.276 e. The first kappa shape index (κ1) is 17.3. The summed E-state index contributed by atoms with van der Waals surface area (Å²) in [6, 6.07) is 12.2. The number of likely N-dealkylation sites (tertiary alicyclic amines) is 1. The Morgan fingerprint density at radius 3 is 2.77 bits per heavy atom. The lowest BCUT2D eigenvalue weighted by Crippen LogP contribution is -2.47. The molecular formula is C21H26N2O3. The van der Waals surface area contributed by atoms with Gasteiger partial charge >= 0.3 is 0 Å². The molecule has 0 N–H and O–H groups in total. The maximum atomic E-state index is 12.8. The first-order valence-corrected chi connectivity index (χ1v) is 9.57. The summed E-state index contributed by atoms with van der Waals surface area (Å²) in [5, 5.41) is 3.89. The van der Waals surface area contributed by atoms with Crippen LogP contribution in [-0.2, 0) is 11.2 Å². The van der Waals surface area contributed by atoms with Crippen molar-refractivity contribution in [1.82, 2.24) is 10.1 Å². The summed E-state index contributed by atoms with van der Waals surface area (Å²) in [7, 11) is 0. The van der Waals surface area contributed by atoms with Gasteiger partial charge in [-0.15, -0.1) is 0 Å². The molecule has 1 aliphatic heterocycles. The number of piperidine rings is 1. The smallest absolute Gasteiger partial charge is 0.276 e. The average molecular weight is 354 g/mol. The van der Waals surface area contributed by atoms with Crippen LogP contribution in [0.4, 0.5) is 0 Å². The van der Waals surface area contributed by atoms with Crippen LogP contribution in [-0.4, -0.2) is 41.8 Å². The second kappa shape index (κ2) is 7.62. The molecule has 1 aromatic carbocycles. The fraction of sp³-hybridized carbons (Fsp3) is 0.524. The Balaban J connectivity index is 1.45. The van der Waals surface area contributed by atoms with E-state index in [0.29, 0.717) is 30.5 Å². The van der Waals surface area contributed by atoms with Crippen molar-refractivity contribution in [2.24, 2.45) is 11.8 Å². The zero-order valence-electron chi connectivity index (χ0n) is 15.3. The highest BCUT2D eigenvalue weighted by Crippen LogP contribution is 2.32. The number of benzene rings is 1. The van der Waals surface area contributed by atoms with Gasteiger partial charge in [-0.1, -0.05) is 35.5 Å². The van der Waals surface area contributed by atoms with Crippen LogP contribution in [0.5, 0.6) is 0 Å². The molecule has 0 unspecified atom stereocenters. The molecule has 4 rings (SSSR count). The number of hydrogen-bond acceptors (Lipinski definition) is 4. The van der Waals surface area contributed by atoms with E-state index in [-0.39, 0.29) is 12.0 Å². The van der Waals surface area contributed by atoms with Gasteiger partial charge in [-0.25, -0.2) is 0 Å². The molecule has 1 aromatic heterocycles. The zero-order valence-corrected chi connectivity index (χ0v) is 15.3. The van der Waals surface area contributed by atoms with Crippen molar-refractivity contribution in [3.8, 4) is 0 Å². The van der Waals surface area contributed by atoms with Gasteiger partial charge in [-0.3, -0.25) is 4.79 Å². The summed E-state index contributed by atoms with van der Waals surface area (Å²) < 4.78 is 11.3. The molecule has 2 aromatic rings. The molecule has 26 heavy (non-hydrogen) atoms. The number of rotatable bonds is 6. The zero-order chi connectivity index (χ0) is 17.9. The van der Waals surface area contributed by atoms with Gasteiger partial charge in [0, 0.05) is 31.7 Å². The van der Waals surface area contributed by atoms with Gasteiger partial charge in [0.1, 0.15) is 5.76 Å². The minimum Gasteiger partial charge on any atom is -0.377 e. The molecule has 2 fully saturated rings. The number of aromatic nitrogens is 1. The standard InChI is InChI=1S/C21H26N2O3/c1-15-11-19(22-26-15)21(24)23-10-9-20(25-14-17-7-8-17)18(13-23)12-16-5-3-2-4-6-16/h2-6,11,17-18,20H,7-10,12-14H2,1H3/t18-,20+/m0/s1. The molecule has 5 heteroatoms. The van der Waals surface area contributed by atoms with E-state index >= 15 is 0 Å². The van der Waals surface area contributed by atoms with E-state index in [2.05, 4.69) is 29.4 Å². The van der Waals surface area contributed by atoms with Crippen LogP contribution in [0.1, 0.15) is 41.1 Å². The molecular weight excluding hydrogens is 328 g/mol. The van der Waals surface area contributed by atoms with E-state index in [0.717, 1.165) is 25.4 Å². The number of carbonyl (C=O) groups excluding carboxylic acids is 1. The van der Waals surface area contributed by atoms with Crippen molar-refractivity contribution in [3.63, 3.8) is 0 Å². The van der Waals surface area contributed by atoms with Crippen molar-refractivity contribution >= 4 is 5.91 Å². The largest absolute Gasteiger partial charge is 0.377 e. The Hall–Kier alpha value is -2.14. The molecule has 1 saturated carbocycles. The van der Waals surface area contributed by atoms with Crippen LogP contribution >= 0.6 is 0 Å². The monoisotopic (exact) mass is 354 g/mol. The van der Waals surface area contributed by atoms with Crippen LogP contribution < -0.4 is 0 Å². The molecule has 1 saturated heterocycles. The van der Waals surface area contributed by atoms with Crippen LogP contribution in [0.15, 0.2) is 40.9 Å². The summed E-state index contributed by atoms with van der Waals surface area (Å²) in [6.45, 7) is 4.09. The van der Waals surface area contributed by atoms with E-state index in [9.17, 15) is 4.79 Å². The summed E-state index contributed by atoms with van der Waals surface area (Å²) >= 11 is 0. The van der Waals surface area contributed by atoms with Gasteiger partial charge in [0.05, 0.1) is 6.10 Å². The summed E-state index contributed by atoms with van der Waals surface area (Å²) in [5.41, 5.74) is 1.70. The lowest BCUT2D eigenvalue weighted by molar-refractivity contribution is -0.0327. The average Bonchev–Trinajstić information content (AvgIpc) is 3.39. The van der Waals surface area contributed by atoms with Crippen molar-refractivity contribution in [1.29, 1.82) is 0 Å². The number of hydrogen-bond donors (Lipinski definition) is 0. The molecule has 1 amide bonds. The lowest BCUT2D eigenvalue weighted by Gasteiger charge is -2.38. The first-order valence-electron chi connectivity index (χ1n) is 9.57. The number of carbonyl (C=O) groups is 1. The molecule has 0 radical (unpaired) electrons. The maximum absolute atomic E-state index is 12.8. The molecule has 5 nitrogen and oxygen atoms in total. The van der Waals surface area contributed by atoms with Gasteiger partial charge in [0.2, 0.25) is 0 Å². The molecule has 2 aliphatic rings. The van der Waals surface area contributed by atoms with Crippen molar-refractivity contribution in [3.05, 3.63) is 53.4 Å². The van der Waals surface area contributed by atoms with Crippen LogP contribution in [0, 0.1) is 18.8 Å². The molecule has 0 spiro atoms. The molecule has 138 valence electrons. The van der Waals surface area contributed by atoms with Crippen molar-refractivity contribution in [2.45, 2.75) is 38.7 Å². The van der Waals surface area contributed by atoms with Gasteiger partial charge in [0.15, 0.2) is 5.69 Å². The number of amides is 1. The third-order valence-corrected chi connectivity index (χ3v) is 5.38. The topological polar surface area (TPSA) is 55.6 Å². The van der Waals surface area contributed by atoms with Crippen LogP contribution in [0.2, 0.25) is 0 Å². The minimum atomic E-state index is -0.0412. The molecule has 2 heterocycles. The minimum absolute atomic E-state index is 0.0412. The fourth-order valence-corrected chi connectivity index (χ4v) is 3.70. The Bertz CT molecular complexity index is 739. The second-order valence-electron chi connectivity index (χ2n) is 7.63. The predicted octanol–water partition coefficient (Wildman–Crippen LogP) is 3.48. The third-order valence-electron chi connectivity index (χ3n) is 5.38. The van der Waals surface area contributed by atoms with E-state index in [1.807, 2.05) is 11.0 Å². The Labute approximate surface area is 154 Å². The van der Waals surface area contributed by atoms with E-state index < -0.39 is 0 Å². The van der Waals surface area contributed by atoms with Gasteiger partial charge in [-0.2, -0.15) is 0 Å². The fourth-order valence-electron chi connectivity index (χ4n) is 3.70. The molecule has 0 bridgehead atoms. The van der Waals surface area contributed by atoms with Gasteiger partial charge in [-0.05, 0) is 44.1 Å². The molecule has 2 atom stereocenters. The van der Waals surface area contributed by atoms with E-state index in [1.165, 1.54) is 18.4 Å². The van der Waals surface area contributed by atoms with E-state index in [4.69, 9.17) is 9.26 Å². The van der Waals surface area contributed by atoms with Crippen LogP contribution in [0.3, 0.4) is 0 Å². The quantitative estimate of drug-likeness (QED) is 0.797. The van der Waals surface area contributed by atoms with Gasteiger partial charge in [0.25, 0.3) is 5.91 Å². The predicted molar refractivity (Wildman–Crippen MR) is 97.9 cm³/mol. The molecule has 1 aliphatic carbocycles. The Kier molecular flexibility index (Phi) is 5.07. The highest BCUT2D eigenvalue weighted by Gasteiger charge is 2.34. The third kappa shape index (κ3) is 4.15. The highest BCUT2D eigenvalue weighted by molar-refractivity contribution is 5.92. The Morgan fingerprint density at radius 2 is 2.08 bits per heavy atom. The summed E-state index contributed by atoms with van der Waals surface area (Å²) in [4.78, 5) is 14.7. The number of aryl methyl sites for hydroxylation is 1. The highest BCUT2D eigenvalue weighted by atomic mass is 16.5. The van der Waals surface area contributed by atoms with Crippen molar-refractivity contribution in [2.75, 3.05) is 19.7 Å². The van der Waals surface area contributed by atoms with Crippen LogP contribution in [0.25, 0.3) is 0 Å². The van der Waals surface area contributed by atoms with E-state index in [1.54, 1.807) is 13.0 Å². The first-order chi connectivity index (χ1) is 12.7. The SMILES string of the molecule is Cc1cc(C(=O)N2CC[C@@H](OCC3CC3)[C@@H](Cc3ccccc3)C2)no1.